The molecule has 0 unspecified atom stereocenters. The molecule has 9 heteroatoms. The number of hydrogen-bond acceptors (Lipinski definition) is 5. The Morgan fingerprint density at radius 3 is 2.60 bits per heavy atom. The Bertz CT molecular complexity index is 819. The number of nitrogens with zero attached hydrogens (tertiary/aromatic N) is 4. The van der Waals surface area contributed by atoms with E-state index in [-0.39, 0.29) is 6.04 Å². The maximum absolute atomic E-state index is 12.6. The molecular formula is C16H25N5O2S2. The van der Waals surface area contributed by atoms with Gasteiger partial charge in [0.2, 0.25) is 10.0 Å². The van der Waals surface area contributed by atoms with Crippen molar-refractivity contribution in [2.45, 2.75) is 67.4 Å². The van der Waals surface area contributed by atoms with Crippen molar-refractivity contribution in [3.05, 3.63) is 24.3 Å². The third kappa shape index (κ3) is 4.09. The van der Waals surface area contributed by atoms with Gasteiger partial charge >= 0.3 is 0 Å². The Morgan fingerprint density at radius 2 is 2.04 bits per heavy atom. The second-order valence-corrected chi connectivity index (χ2v) is 9.39. The van der Waals surface area contributed by atoms with Crippen LogP contribution >= 0.6 is 11.8 Å². The fourth-order valence-corrected chi connectivity index (χ4v) is 5.84. The summed E-state index contributed by atoms with van der Waals surface area (Å²) in [5.74, 6) is 0. The first-order valence-corrected chi connectivity index (χ1v) is 11.0. The van der Waals surface area contributed by atoms with Crippen molar-refractivity contribution in [3.63, 3.8) is 0 Å². The summed E-state index contributed by atoms with van der Waals surface area (Å²) in [6.45, 7) is 4.41. The van der Waals surface area contributed by atoms with Gasteiger partial charge in [-0.25, -0.2) is 18.1 Å². The van der Waals surface area contributed by atoms with E-state index in [1.807, 2.05) is 24.7 Å². The number of hydrogen-bond donors (Lipinski definition) is 1. The van der Waals surface area contributed by atoms with Crippen LogP contribution < -0.4 is 4.72 Å². The van der Waals surface area contributed by atoms with Gasteiger partial charge in [-0.15, -0.1) is 0 Å². The quantitative estimate of drug-likeness (QED) is 0.828. The zero-order valence-electron chi connectivity index (χ0n) is 14.8. The van der Waals surface area contributed by atoms with Gasteiger partial charge in [0.15, 0.2) is 5.16 Å². The summed E-state index contributed by atoms with van der Waals surface area (Å²) in [5.41, 5.74) is 0.689. The fourth-order valence-electron chi connectivity index (χ4n) is 3.21. The molecule has 0 radical (unpaired) electrons. The van der Waals surface area contributed by atoms with E-state index in [2.05, 4.69) is 14.8 Å². The van der Waals surface area contributed by atoms with Crippen molar-refractivity contribution in [3.8, 4) is 0 Å². The number of imidazole rings is 1. The Morgan fingerprint density at radius 1 is 1.32 bits per heavy atom. The van der Waals surface area contributed by atoms with Crippen LogP contribution in [0.3, 0.4) is 0 Å². The smallest absolute Gasteiger partial charge is 0.244 e. The van der Waals surface area contributed by atoms with Crippen LogP contribution in [-0.2, 0) is 23.6 Å². The third-order valence-corrected chi connectivity index (χ3v) is 7.72. The summed E-state index contributed by atoms with van der Waals surface area (Å²) in [6.07, 6.45) is 8.87. The molecule has 0 atom stereocenters. The molecule has 1 saturated carbocycles. The predicted molar refractivity (Wildman–Crippen MR) is 98.1 cm³/mol. The van der Waals surface area contributed by atoms with Gasteiger partial charge in [0, 0.05) is 37.3 Å². The topological polar surface area (TPSA) is 81.8 Å². The van der Waals surface area contributed by atoms with Crippen molar-refractivity contribution in [2.24, 2.45) is 7.05 Å². The Balaban J connectivity index is 1.58. The molecule has 138 valence electrons. The molecule has 2 heterocycles. The van der Waals surface area contributed by atoms with Crippen molar-refractivity contribution >= 4 is 21.8 Å². The second kappa shape index (κ2) is 7.51. The summed E-state index contributed by atoms with van der Waals surface area (Å²) in [6, 6.07) is -0.00685. The van der Waals surface area contributed by atoms with Gasteiger partial charge in [-0.3, -0.25) is 4.68 Å². The average molecular weight is 384 g/mol. The molecule has 2 aromatic rings. The third-order valence-electron chi connectivity index (χ3n) is 4.69. The van der Waals surface area contributed by atoms with Gasteiger partial charge in [-0.05, 0) is 39.5 Å². The first-order valence-electron chi connectivity index (χ1n) is 8.59. The summed E-state index contributed by atoms with van der Waals surface area (Å²) in [7, 11) is -1.52. The molecule has 0 spiro atoms. The first-order chi connectivity index (χ1) is 11.9. The molecule has 0 saturated heterocycles. The van der Waals surface area contributed by atoms with E-state index in [1.165, 1.54) is 6.20 Å². The zero-order valence-corrected chi connectivity index (χ0v) is 16.5. The first kappa shape index (κ1) is 18.5. The van der Waals surface area contributed by atoms with Gasteiger partial charge in [0.05, 0.1) is 11.9 Å². The minimum absolute atomic E-state index is 0.00685. The molecule has 25 heavy (non-hydrogen) atoms. The number of thioether (sulfide) groups is 1. The highest BCUT2D eigenvalue weighted by Crippen LogP contribution is 2.33. The van der Waals surface area contributed by atoms with Crippen LogP contribution in [0.1, 0.15) is 38.3 Å². The van der Waals surface area contributed by atoms with E-state index in [1.54, 1.807) is 29.6 Å². The number of sulfonamides is 1. The molecule has 1 aliphatic carbocycles. The van der Waals surface area contributed by atoms with Gasteiger partial charge in [0.25, 0.3) is 0 Å². The van der Waals surface area contributed by atoms with Crippen molar-refractivity contribution in [2.75, 3.05) is 0 Å². The summed E-state index contributed by atoms with van der Waals surface area (Å²) in [5, 5.41) is 5.65. The summed E-state index contributed by atoms with van der Waals surface area (Å²) < 4.78 is 31.9. The highest BCUT2D eigenvalue weighted by molar-refractivity contribution is 7.99. The molecule has 2 aromatic heterocycles. The molecule has 0 aliphatic heterocycles. The van der Waals surface area contributed by atoms with Crippen LogP contribution in [0.25, 0.3) is 0 Å². The highest BCUT2D eigenvalue weighted by atomic mass is 32.2. The van der Waals surface area contributed by atoms with Gasteiger partial charge in [-0.2, -0.15) is 5.10 Å². The molecule has 1 N–H and O–H groups in total. The van der Waals surface area contributed by atoms with Crippen LogP contribution in [0.5, 0.6) is 0 Å². The maximum atomic E-state index is 12.6. The van der Waals surface area contributed by atoms with Gasteiger partial charge < -0.3 is 4.57 Å². The van der Waals surface area contributed by atoms with Gasteiger partial charge in [0.1, 0.15) is 4.90 Å². The van der Waals surface area contributed by atoms with E-state index in [0.29, 0.717) is 22.4 Å². The summed E-state index contributed by atoms with van der Waals surface area (Å²) >= 11 is 1.78. The molecular weight excluding hydrogens is 358 g/mol. The van der Waals surface area contributed by atoms with E-state index in [4.69, 9.17) is 0 Å². The average Bonchev–Trinajstić information content (AvgIpc) is 3.15. The highest BCUT2D eigenvalue weighted by Gasteiger charge is 2.28. The maximum Gasteiger partial charge on any atom is 0.244 e. The van der Waals surface area contributed by atoms with Crippen LogP contribution in [0.2, 0.25) is 0 Å². The number of aryl methyl sites for hydroxylation is 2. The lowest BCUT2D eigenvalue weighted by atomic mass is 9.96. The number of nitrogens with one attached hydrogen (secondary N) is 1. The van der Waals surface area contributed by atoms with Crippen LogP contribution in [-0.4, -0.2) is 39.0 Å². The Labute approximate surface area is 153 Å². The molecule has 3 rings (SSSR count). The monoisotopic (exact) mass is 383 g/mol. The van der Waals surface area contributed by atoms with E-state index in [9.17, 15) is 8.42 Å². The largest absolute Gasteiger partial charge is 0.329 e. The standard InChI is InChI=1S/C16H25N5O2S2/c1-4-21-12(2)15(11-18-21)25(22,23)19-13-5-7-14(8-6-13)24-16-17-9-10-20(16)3/h9-11,13-14,19H,4-8H2,1-3H3. The lowest BCUT2D eigenvalue weighted by Crippen LogP contribution is -2.38. The minimum Gasteiger partial charge on any atom is -0.329 e. The van der Waals surface area contributed by atoms with E-state index >= 15 is 0 Å². The predicted octanol–water partition coefficient (Wildman–Crippen LogP) is 2.33. The number of rotatable bonds is 6. The number of aromatic nitrogens is 4. The molecule has 1 aliphatic rings. The molecule has 1 fully saturated rings. The van der Waals surface area contributed by atoms with Crippen LogP contribution in [0.4, 0.5) is 0 Å². The van der Waals surface area contributed by atoms with E-state index < -0.39 is 10.0 Å². The van der Waals surface area contributed by atoms with Crippen LogP contribution in [0.15, 0.2) is 28.6 Å². The van der Waals surface area contributed by atoms with Gasteiger partial charge in [-0.1, -0.05) is 11.8 Å². The Kier molecular flexibility index (Phi) is 5.55. The lowest BCUT2D eigenvalue weighted by Gasteiger charge is -2.28. The lowest BCUT2D eigenvalue weighted by molar-refractivity contribution is 0.419. The van der Waals surface area contributed by atoms with Crippen molar-refractivity contribution in [1.82, 2.24) is 24.1 Å². The Hall–Kier alpha value is -1.32. The summed E-state index contributed by atoms with van der Waals surface area (Å²) in [4.78, 5) is 4.64. The SMILES string of the molecule is CCn1ncc(S(=O)(=O)NC2CCC(Sc3nccn3C)CC2)c1C. The molecule has 0 amide bonds. The minimum atomic E-state index is -3.51. The van der Waals surface area contributed by atoms with Crippen molar-refractivity contribution in [1.29, 1.82) is 0 Å². The molecule has 0 bridgehead atoms. The normalized spacial score (nSPS) is 21.6. The molecule has 0 aromatic carbocycles. The zero-order chi connectivity index (χ0) is 18.0. The fraction of sp³-hybridized carbons (Fsp3) is 0.625. The van der Waals surface area contributed by atoms with E-state index in [0.717, 1.165) is 30.8 Å². The molecule has 7 nitrogen and oxygen atoms in total. The second-order valence-electron chi connectivity index (χ2n) is 6.44. The van der Waals surface area contributed by atoms with Crippen molar-refractivity contribution < 1.29 is 8.42 Å². The van der Waals surface area contributed by atoms with Crippen LogP contribution in [0, 0.1) is 6.92 Å².